The Morgan fingerprint density at radius 2 is 1.81 bits per heavy atom. The van der Waals surface area contributed by atoms with Gasteiger partial charge in [0, 0.05) is 11.6 Å². The zero-order valence-electron chi connectivity index (χ0n) is 15.4. The van der Waals surface area contributed by atoms with E-state index < -0.39 is 10.0 Å². The summed E-state index contributed by atoms with van der Waals surface area (Å²) in [6.45, 7) is 6.18. The summed E-state index contributed by atoms with van der Waals surface area (Å²) < 4.78 is 39.2. The summed E-state index contributed by atoms with van der Waals surface area (Å²) in [5, 5.41) is 0. The van der Waals surface area contributed by atoms with Crippen LogP contribution in [0.2, 0.25) is 0 Å². The van der Waals surface area contributed by atoms with E-state index in [1.165, 1.54) is 4.31 Å². The molecule has 5 nitrogen and oxygen atoms in total. The molecule has 0 saturated carbocycles. The zero-order valence-corrected chi connectivity index (χ0v) is 16.2. The van der Waals surface area contributed by atoms with Gasteiger partial charge >= 0.3 is 0 Å². The first-order valence-electron chi connectivity index (χ1n) is 8.52. The fourth-order valence-electron chi connectivity index (χ4n) is 3.08. The molecule has 1 aliphatic heterocycles. The predicted octanol–water partition coefficient (Wildman–Crippen LogP) is 3.98. The molecule has 0 aliphatic carbocycles. The van der Waals surface area contributed by atoms with E-state index in [1.54, 1.807) is 43.5 Å². The molecule has 138 valence electrons. The minimum Gasteiger partial charge on any atom is -0.497 e. The van der Waals surface area contributed by atoms with E-state index in [2.05, 4.69) is 0 Å². The molecule has 0 fully saturated rings. The van der Waals surface area contributed by atoms with E-state index in [1.807, 2.05) is 32.9 Å². The first-order chi connectivity index (χ1) is 12.4. The molecule has 0 aromatic heterocycles. The first-order valence-corrected chi connectivity index (χ1v) is 9.96. The van der Waals surface area contributed by atoms with Gasteiger partial charge in [0.25, 0.3) is 10.0 Å². The molecule has 6 heteroatoms. The van der Waals surface area contributed by atoms with Crippen LogP contribution in [0.5, 0.6) is 5.75 Å². The van der Waals surface area contributed by atoms with Crippen LogP contribution in [0, 0.1) is 6.92 Å². The van der Waals surface area contributed by atoms with Crippen molar-refractivity contribution < 1.29 is 17.9 Å². The van der Waals surface area contributed by atoms with Gasteiger partial charge in [0.15, 0.2) is 0 Å². The highest BCUT2D eigenvalue weighted by atomic mass is 32.2. The monoisotopic (exact) mass is 373 g/mol. The molecule has 0 N–H and O–H groups in total. The van der Waals surface area contributed by atoms with Crippen LogP contribution in [0.3, 0.4) is 0 Å². The molecule has 2 aromatic rings. The van der Waals surface area contributed by atoms with Crippen molar-refractivity contribution in [2.75, 3.05) is 18.0 Å². The number of sulfonamides is 1. The lowest BCUT2D eigenvalue weighted by atomic mass is 10.0. The number of benzene rings is 2. The Hall–Kier alpha value is -2.47. The van der Waals surface area contributed by atoms with Gasteiger partial charge in [-0.3, -0.25) is 4.31 Å². The van der Waals surface area contributed by atoms with Crippen molar-refractivity contribution >= 4 is 21.5 Å². The second kappa shape index (κ2) is 7.03. The third-order valence-corrected chi connectivity index (χ3v) is 6.26. The van der Waals surface area contributed by atoms with Crippen LogP contribution in [-0.2, 0) is 14.8 Å². The summed E-state index contributed by atoms with van der Waals surface area (Å²) in [5.74, 6) is 1.28. The summed E-state index contributed by atoms with van der Waals surface area (Å²) in [4.78, 5) is 0.261. The maximum Gasteiger partial charge on any atom is 0.264 e. The molecule has 1 atom stereocenters. The van der Waals surface area contributed by atoms with E-state index in [9.17, 15) is 8.42 Å². The normalized spacial score (nSPS) is 16.7. The number of ether oxygens (including phenoxy) is 2. The highest BCUT2D eigenvalue weighted by Crippen LogP contribution is 2.40. The fourth-order valence-corrected chi connectivity index (χ4v) is 4.69. The Morgan fingerprint density at radius 1 is 1.12 bits per heavy atom. The van der Waals surface area contributed by atoms with Gasteiger partial charge in [-0.05, 0) is 51.1 Å². The van der Waals surface area contributed by atoms with Crippen LogP contribution >= 0.6 is 0 Å². The third kappa shape index (κ3) is 3.17. The summed E-state index contributed by atoms with van der Waals surface area (Å²) in [6, 6.07) is 11.9. The average molecular weight is 373 g/mol. The minimum atomic E-state index is -3.73. The molecule has 0 bridgehead atoms. The van der Waals surface area contributed by atoms with Crippen molar-refractivity contribution in [3.8, 4) is 5.75 Å². The van der Waals surface area contributed by atoms with Crippen LogP contribution in [0.4, 0.5) is 5.69 Å². The minimum absolute atomic E-state index is 0.261. The van der Waals surface area contributed by atoms with Crippen LogP contribution < -0.4 is 9.04 Å². The Kier molecular flexibility index (Phi) is 4.96. The van der Waals surface area contributed by atoms with Gasteiger partial charge in [-0.15, -0.1) is 0 Å². The molecule has 0 radical (unpaired) electrons. The molecule has 0 spiro atoms. The topological polar surface area (TPSA) is 55.8 Å². The second-order valence-corrected chi connectivity index (χ2v) is 8.02. The van der Waals surface area contributed by atoms with Gasteiger partial charge in [0.1, 0.15) is 11.5 Å². The van der Waals surface area contributed by atoms with Gasteiger partial charge in [-0.25, -0.2) is 8.42 Å². The lowest BCUT2D eigenvalue weighted by molar-refractivity contribution is 0.296. The Labute approximate surface area is 154 Å². The SMILES string of the molecule is CCOC1=C[C@H](C)N(S(=O)(=O)c2ccc(C)cc2)c2cc(OC)ccc21. The quantitative estimate of drug-likeness (QED) is 0.795. The Balaban J connectivity index is 2.17. The Morgan fingerprint density at radius 3 is 2.42 bits per heavy atom. The smallest absolute Gasteiger partial charge is 0.264 e. The van der Waals surface area contributed by atoms with Crippen LogP contribution in [0.25, 0.3) is 5.76 Å². The summed E-state index contributed by atoms with van der Waals surface area (Å²) >= 11 is 0. The molecular formula is C20H23NO4S. The average Bonchev–Trinajstić information content (AvgIpc) is 2.61. The molecule has 1 heterocycles. The zero-order chi connectivity index (χ0) is 18.9. The van der Waals surface area contributed by atoms with Gasteiger partial charge in [-0.1, -0.05) is 17.7 Å². The van der Waals surface area contributed by atoms with Gasteiger partial charge in [0.05, 0.1) is 30.3 Å². The van der Waals surface area contributed by atoms with Gasteiger partial charge in [0.2, 0.25) is 0 Å². The number of rotatable bonds is 5. The largest absolute Gasteiger partial charge is 0.497 e. The highest BCUT2D eigenvalue weighted by molar-refractivity contribution is 7.92. The summed E-state index contributed by atoms with van der Waals surface area (Å²) in [6.07, 6.45) is 1.84. The van der Waals surface area contributed by atoms with Crippen molar-refractivity contribution in [2.45, 2.75) is 31.7 Å². The van der Waals surface area contributed by atoms with E-state index in [0.717, 1.165) is 11.1 Å². The molecule has 3 rings (SSSR count). The second-order valence-electron chi connectivity index (χ2n) is 6.20. The molecule has 1 aliphatic rings. The molecular weight excluding hydrogens is 350 g/mol. The van der Waals surface area contributed by atoms with E-state index >= 15 is 0 Å². The van der Waals surface area contributed by atoms with Crippen molar-refractivity contribution in [3.05, 3.63) is 59.7 Å². The Bertz CT molecular complexity index is 933. The van der Waals surface area contributed by atoms with Crippen molar-refractivity contribution in [2.24, 2.45) is 0 Å². The number of nitrogens with zero attached hydrogens (tertiary/aromatic N) is 1. The van der Waals surface area contributed by atoms with E-state index in [-0.39, 0.29) is 10.9 Å². The summed E-state index contributed by atoms with van der Waals surface area (Å²) in [5.41, 5.74) is 2.31. The van der Waals surface area contributed by atoms with Crippen LogP contribution in [0.1, 0.15) is 25.0 Å². The first kappa shape index (κ1) is 18.3. The van der Waals surface area contributed by atoms with Crippen LogP contribution in [0.15, 0.2) is 53.4 Å². The highest BCUT2D eigenvalue weighted by Gasteiger charge is 2.35. The van der Waals surface area contributed by atoms with Crippen molar-refractivity contribution in [1.82, 2.24) is 0 Å². The number of hydrogen-bond acceptors (Lipinski definition) is 4. The number of anilines is 1. The molecule has 0 amide bonds. The van der Waals surface area contributed by atoms with Crippen molar-refractivity contribution in [3.63, 3.8) is 0 Å². The lowest BCUT2D eigenvalue weighted by Crippen LogP contribution is -2.40. The number of fused-ring (bicyclic) bond motifs is 1. The maximum atomic E-state index is 13.4. The third-order valence-electron chi connectivity index (χ3n) is 4.35. The van der Waals surface area contributed by atoms with E-state index in [0.29, 0.717) is 23.8 Å². The van der Waals surface area contributed by atoms with Crippen LogP contribution in [-0.4, -0.2) is 28.2 Å². The lowest BCUT2D eigenvalue weighted by Gasteiger charge is -2.35. The fraction of sp³-hybridized carbons (Fsp3) is 0.300. The van der Waals surface area contributed by atoms with Gasteiger partial charge < -0.3 is 9.47 Å². The molecule has 0 saturated heterocycles. The van der Waals surface area contributed by atoms with Gasteiger partial charge in [-0.2, -0.15) is 0 Å². The summed E-state index contributed by atoms with van der Waals surface area (Å²) in [7, 11) is -2.17. The number of aryl methyl sites for hydroxylation is 1. The molecule has 2 aromatic carbocycles. The molecule has 0 unspecified atom stereocenters. The standard InChI is InChI=1S/C20H23NO4S/c1-5-25-20-12-15(3)21(19-13-16(24-4)8-11-18(19)20)26(22,23)17-9-6-14(2)7-10-17/h6-13,15H,5H2,1-4H3/t15-/m0/s1. The number of hydrogen-bond donors (Lipinski definition) is 0. The molecule has 26 heavy (non-hydrogen) atoms. The maximum absolute atomic E-state index is 13.4. The van der Waals surface area contributed by atoms with E-state index in [4.69, 9.17) is 9.47 Å². The number of methoxy groups -OCH3 is 1. The predicted molar refractivity (Wildman–Crippen MR) is 103 cm³/mol. The van der Waals surface area contributed by atoms with Crippen molar-refractivity contribution in [1.29, 1.82) is 0 Å².